The summed E-state index contributed by atoms with van der Waals surface area (Å²) in [5, 5.41) is 0.789. The first-order valence-electron chi connectivity index (χ1n) is 6.07. The van der Waals surface area contributed by atoms with Crippen LogP contribution in [0.5, 0.6) is 0 Å². The Balaban J connectivity index is 1.94. The summed E-state index contributed by atoms with van der Waals surface area (Å²) in [7, 11) is 0. The number of rotatable bonds is 3. The van der Waals surface area contributed by atoms with E-state index < -0.39 is 0 Å². The number of nitrogens with two attached hydrogens (primary N) is 1. The van der Waals surface area contributed by atoms with E-state index in [0.717, 1.165) is 27.0 Å². The minimum atomic E-state index is 0.553. The van der Waals surface area contributed by atoms with Crippen LogP contribution in [0.1, 0.15) is 43.6 Å². The van der Waals surface area contributed by atoms with Gasteiger partial charge < -0.3 is 5.73 Å². The Morgan fingerprint density at radius 1 is 1.29 bits per heavy atom. The first-order valence-corrected chi connectivity index (χ1v) is 7.91. The molecule has 17 heavy (non-hydrogen) atoms. The lowest BCUT2D eigenvalue weighted by atomic mass is 10.0. The number of hydrogen-bond acceptors (Lipinski definition) is 4. The van der Waals surface area contributed by atoms with Crippen LogP contribution in [0.3, 0.4) is 0 Å². The van der Waals surface area contributed by atoms with E-state index in [1.165, 1.54) is 32.1 Å². The van der Waals surface area contributed by atoms with Gasteiger partial charge in [0.05, 0.1) is 15.9 Å². The van der Waals surface area contributed by atoms with Gasteiger partial charge in [0.25, 0.3) is 0 Å². The number of anilines is 1. The fraction of sp³-hybridized carbons (Fsp3) is 0.667. The summed E-state index contributed by atoms with van der Waals surface area (Å²) in [6.45, 7) is 1.96. The summed E-state index contributed by atoms with van der Waals surface area (Å²) >= 11 is 5.36. The van der Waals surface area contributed by atoms with Gasteiger partial charge in [-0.1, -0.05) is 19.3 Å². The van der Waals surface area contributed by atoms with Crippen LogP contribution >= 0.6 is 27.7 Å². The molecule has 0 unspecified atom stereocenters. The predicted molar refractivity (Wildman–Crippen MR) is 77.0 cm³/mol. The number of aryl methyl sites for hydroxylation is 1. The van der Waals surface area contributed by atoms with Gasteiger partial charge in [0.1, 0.15) is 11.6 Å². The van der Waals surface area contributed by atoms with Gasteiger partial charge >= 0.3 is 0 Å². The van der Waals surface area contributed by atoms with Gasteiger partial charge in [-0.15, -0.1) is 0 Å². The van der Waals surface area contributed by atoms with E-state index in [4.69, 9.17) is 5.73 Å². The van der Waals surface area contributed by atoms with Crippen LogP contribution in [0, 0.1) is 6.92 Å². The molecule has 94 valence electrons. The molecule has 0 aliphatic heterocycles. The van der Waals surface area contributed by atoms with Gasteiger partial charge in [-0.25, -0.2) is 9.97 Å². The zero-order chi connectivity index (χ0) is 12.3. The SMILES string of the molecule is Cc1nc(CSC2CCCCC2)nc(N)c1Br. The van der Waals surface area contributed by atoms with E-state index in [0.29, 0.717) is 5.82 Å². The van der Waals surface area contributed by atoms with Crippen molar-refractivity contribution >= 4 is 33.5 Å². The van der Waals surface area contributed by atoms with Crippen molar-refractivity contribution in [2.75, 3.05) is 5.73 Å². The second-order valence-electron chi connectivity index (χ2n) is 4.50. The number of hydrogen-bond donors (Lipinski definition) is 1. The molecule has 5 heteroatoms. The number of halogens is 1. The Morgan fingerprint density at radius 3 is 2.65 bits per heavy atom. The van der Waals surface area contributed by atoms with Crippen molar-refractivity contribution in [3.63, 3.8) is 0 Å². The van der Waals surface area contributed by atoms with Gasteiger partial charge in [-0.05, 0) is 35.7 Å². The zero-order valence-electron chi connectivity index (χ0n) is 10.1. The van der Waals surface area contributed by atoms with Gasteiger partial charge in [-0.2, -0.15) is 11.8 Å². The molecule has 0 amide bonds. The molecule has 0 aromatic carbocycles. The first-order chi connectivity index (χ1) is 8.16. The molecule has 0 spiro atoms. The highest BCUT2D eigenvalue weighted by Gasteiger charge is 2.15. The minimum Gasteiger partial charge on any atom is -0.383 e. The molecule has 0 radical (unpaired) electrons. The molecular weight excluding hydrogens is 298 g/mol. The number of thioether (sulfide) groups is 1. The molecule has 1 aliphatic rings. The maximum atomic E-state index is 5.82. The third-order valence-corrected chi connectivity index (χ3v) is 5.44. The van der Waals surface area contributed by atoms with Gasteiger partial charge in [0.15, 0.2) is 0 Å². The van der Waals surface area contributed by atoms with Crippen LogP contribution in [0.25, 0.3) is 0 Å². The molecule has 1 aliphatic carbocycles. The van der Waals surface area contributed by atoms with Crippen molar-refractivity contribution in [3.8, 4) is 0 Å². The van der Waals surface area contributed by atoms with E-state index in [1.807, 2.05) is 18.7 Å². The number of nitrogens with zero attached hydrogens (tertiary/aromatic N) is 2. The highest BCUT2D eigenvalue weighted by molar-refractivity contribution is 9.10. The summed E-state index contributed by atoms with van der Waals surface area (Å²) in [4.78, 5) is 8.78. The highest BCUT2D eigenvalue weighted by Crippen LogP contribution is 2.30. The smallest absolute Gasteiger partial charge is 0.141 e. The molecule has 0 saturated heterocycles. The fourth-order valence-electron chi connectivity index (χ4n) is 2.13. The van der Waals surface area contributed by atoms with Crippen molar-refractivity contribution in [1.29, 1.82) is 0 Å². The average molecular weight is 316 g/mol. The summed E-state index contributed by atoms with van der Waals surface area (Å²) in [6, 6.07) is 0. The van der Waals surface area contributed by atoms with Crippen LogP contribution in [0.15, 0.2) is 4.47 Å². The summed E-state index contributed by atoms with van der Waals surface area (Å²) in [5.41, 5.74) is 6.75. The molecular formula is C12H18BrN3S. The Morgan fingerprint density at radius 2 is 2.00 bits per heavy atom. The monoisotopic (exact) mass is 315 g/mol. The fourth-order valence-corrected chi connectivity index (χ4v) is 3.49. The Bertz CT molecular complexity index is 368. The Labute approximate surface area is 115 Å². The molecule has 1 fully saturated rings. The molecule has 1 heterocycles. The third kappa shape index (κ3) is 3.58. The Hall–Kier alpha value is -0.290. The second kappa shape index (κ2) is 6.05. The van der Waals surface area contributed by atoms with E-state index in [9.17, 15) is 0 Å². The van der Waals surface area contributed by atoms with Crippen molar-refractivity contribution in [2.24, 2.45) is 0 Å². The van der Waals surface area contributed by atoms with Crippen molar-refractivity contribution in [2.45, 2.75) is 50.0 Å². The van der Waals surface area contributed by atoms with Gasteiger partial charge in [0.2, 0.25) is 0 Å². The number of nitrogen functional groups attached to an aromatic ring is 1. The predicted octanol–water partition coefficient (Wildman–Crippen LogP) is 3.70. The van der Waals surface area contributed by atoms with Crippen molar-refractivity contribution in [1.82, 2.24) is 9.97 Å². The third-order valence-electron chi connectivity index (χ3n) is 3.09. The lowest BCUT2D eigenvalue weighted by Gasteiger charge is -2.20. The summed E-state index contributed by atoms with van der Waals surface area (Å²) in [5.74, 6) is 2.29. The maximum absolute atomic E-state index is 5.82. The van der Waals surface area contributed by atoms with Gasteiger partial charge in [0, 0.05) is 5.25 Å². The molecule has 2 N–H and O–H groups in total. The number of aromatic nitrogens is 2. The molecule has 3 nitrogen and oxygen atoms in total. The first kappa shape index (κ1) is 13.1. The quantitative estimate of drug-likeness (QED) is 0.924. The van der Waals surface area contributed by atoms with Gasteiger partial charge in [-0.3, -0.25) is 0 Å². The molecule has 1 saturated carbocycles. The van der Waals surface area contributed by atoms with Crippen LogP contribution in [-0.4, -0.2) is 15.2 Å². The summed E-state index contributed by atoms with van der Waals surface area (Å²) < 4.78 is 0.823. The maximum Gasteiger partial charge on any atom is 0.141 e. The van der Waals surface area contributed by atoms with E-state index in [-0.39, 0.29) is 0 Å². The standard InChI is InChI=1S/C12H18BrN3S/c1-8-11(13)12(14)16-10(15-8)7-17-9-5-3-2-4-6-9/h9H,2-7H2,1H3,(H2,14,15,16). The van der Waals surface area contributed by atoms with E-state index in [1.54, 1.807) is 0 Å². The van der Waals surface area contributed by atoms with E-state index in [2.05, 4.69) is 25.9 Å². The van der Waals surface area contributed by atoms with Crippen molar-refractivity contribution in [3.05, 3.63) is 16.0 Å². The van der Waals surface area contributed by atoms with Crippen LogP contribution in [-0.2, 0) is 5.75 Å². The summed E-state index contributed by atoms with van der Waals surface area (Å²) in [6.07, 6.45) is 6.84. The lowest BCUT2D eigenvalue weighted by Crippen LogP contribution is -2.09. The Kier molecular flexibility index (Phi) is 4.68. The second-order valence-corrected chi connectivity index (χ2v) is 6.58. The average Bonchev–Trinajstić information content (AvgIpc) is 2.34. The van der Waals surface area contributed by atoms with E-state index >= 15 is 0 Å². The lowest BCUT2D eigenvalue weighted by molar-refractivity contribution is 0.516. The van der Waals surface area contributed by atoms with Crippen molar-refractivity contribution < 1.29 is 0 Å². The van der Waals surface area contributed by atoms with Crippen LogP contribution in [0.4, 0.5) is 5.82 Å². The topological polar surface area (TPSA) is 51.8 Å². The molecule has 1 aromatic heterocycles. The normalized spacial score (nSPS) is 17.3. The largest absolute Gasteiger partial charge is 0.383 e. The molecule has 0 atom stereocenters. The van der Waals surface area contributed by atoms with Crippen LogP contribution < -0.4 is 5.73 Å². The highest BCUT2D eigenvalue weighted by atomic mass is 79.9. The molecule has 2 rings (SSSR count). The zero-order valence-corrected chi connectivity index (χ0v) is 12.5. The van der Waals surface area contributed by atoms with Crippen LogP contribution in [0.2, 0.25) is 0 Å². The molecule has 1 aromatic rings. The minimum absolute atomic E-state index is 0.553. The molecule has 0 bridgehead atoms.